The minimum Gasteiger partial charge on any atom is -0.493 e. The molecule has 0 amide bonds. The predicted molar refractivity (Wildman–Crippen MR) is 111 cm³/mol. The van der Waals surface area contributed by atoms with Crippen LogP contribution in [-0.4, -0.2) is 51.3 Å². The molecule has 1 rings (SSSR count). The largest absolute Gasteiger partial charge is 0.493 e. The Bertz CT molecular complexity index is 522. The molecule has 0 heterocycles. The average molecular weight is 489 g/mol. The standard InChI is InChI=1S/C16H25F2N3O2S.HI/c1-4-19-16(21-9-10-24-3)20-8-7-12-5-6-13(22-2)14(11-12)23-15(17)18;/h5-6,11,15H,4,7-10H2,1-3H3,(H2,19,20,21);1H. The lowest BCUT2D eigenvalue weighted by Crippen LogP contribution is -2.38. The van der Waals surface area contributed by atoms with Crippen LogP contribution in [0.5, 0.6) is 11.5 Å². The Labute approximate surface area is 169 Å². The number of ether oxygens (including phenoxy) is 2. The molecule has 0 saturated heterocycles. The molecule has 0 aliphatic carbocycles. The predicted octanol–water partition coefficient (Wildman–Crippen LogP) is 3.38. The SMILES string of the molecule is CCNC(=NCCSC)NCCc1ccc(OC)c(OC(F)F)c1.I. The first-order valence-corrected chi connectivity index (χ1v) is 9.13. The van der Waals surface area contributed by atoms with Crippen molar-refractivity contribution < 1.29 is 18.3 Å². The third-order valence-electron chi connectivity index (χ3n) is 3.06. The van der Waals surface area contributed by atoms with Crippen molar-refractivity contribution in [3.05, 3.63) is 23.8 Å². The quantitative estimate of drug-likeness (QED) is 0.229. The van der Waals surface area contributed by atoms with Gasteiger partial charge in [0.25, 0.3) is 0 Å². The van der Waals surface area contributed by atoms with Gasteiger partial charge in [0.2, 0.25) is 0 Å². The summed E-state index contributed by atoms with van der Waals surface area (Å²) in [6.07, 6.45) is 2.69. The maximum atomic E-state index is 12.4. The van der Waals surface area contributed by atoms with Gasteiger partial charge in [0, 0.05) is 18.8 Å². The molecule has 144 valence electrons. The zero-order valence-electron chi connectivity index (χ0n) is 14.7. The van der Waals surface area contributed by atoms with Gasteiger partial charge in [-0.1, -0.05) is 6.07 Å². The van der Waals surface area contributed by atoms with Gasteiger partial charge in [-0.3, -0.25) is 4.99 Å². The highest BCUT2D eigenvalue weighted by molar-refractivity contribution is 14.0. The van der Waals surface area contributed by atoms with E-state index >= 15 is 0 Å². The van der Waals surface area contributed by atoms with Gasteiger partial charge in [-0.2, -0.15) is 20.5 Å². The van der Waals surface area contributed by atoms with Crippen LogP contribution in [0.1, 0.15) is 12.5 Å². The van der Waals surface area contributed by atoms with Crippen LogP contribution in [0.25, 0.3) is 0 Å². The summed E-state index contributed by atoms with van der Waals surface area (Å²) in [6.45, 7) is 1.27. The molecule has 0 radical (unpaired) electrons. The molecule has 0 fully saturated rings. The van der Waals surface area contributed by atoms with Crippen LogP contribution in [0.3, 0.4) is 0 Å². The minimum absolute atomic E-state index is 0. The van der Waals surface area contributed by atoms with Gasteiger partial charge >= 0.3 is 6.61 Å². The molecule has 0 spiro atoms. The molecule has 9 heteroatoms. The molecule has 0 atom stereocenters. The van der Waals surface area contributed by atoms with Crippen molar-refractivity contribution in [3.8, 4) is 11.5 Å². The summed E-state index contributed by atoms with van der Waals surface area (Å²) < 4.78 is 34.4. The molecule has 1 aromatic rings. The Kier molecular flexibility index (Phi) is 13.7. The number of methoxy groups -OCH3 is 1. The van der Waals surface area contributed by atoms with Crippen LogP contribution < -0.4 is 20.1 Å². The number of benzene rings is 1. The lowest BCUT2D eigenvalue weighted by atomic mass is 10.1. The van der Waals surface area contributed by atoms with Crippen molar-refractivity contribution in [1.29, 1.82) is 0 Å². The summed E-state index contributed by atoms with van der Waals surface area (Å²) in [5.41, 5.74) is 0.874. The van der Waals surface area contributed by atoms with E-state index in [2.05, 4.69) is 20.4 Å². The summed E-state index contributed by atoms with van der Waals surface area (Å²) in [6, 6.07) is 5.03. The fraction of sp³-hybridized carbons (Fsp3) is 0.562. The highest BCUT2D eigenvalue weighted by Crippen LogP contribution is 2.29. The number of rotatable bonds is 10. The summed E-state index contributed by atoms with van der Waals surface area (Å²) in [5.74, 6) is 2.05. The number of hydrogen-bond acceptors (Lipinski definition) is 4. The van der Waals surface area contributed by atoms with Crippen molar-refractivity contribution in [2.45, 2.75) is 20.0 Å². The fourth-order valence-electron chi connectivity index (χ4n) is 1.98. The zero-order chi connectivity index (χ0) is 17.8. The van der Waals surface area contributed by atoms with Crippen LogP contribution in [0.4, 0.5) is 8.78 Å². The molecule has 0 aliphatic rings. The van der Waals surface area contributed by atoms with Gasteiger partial charge < -0.3 is 20.1 Å². The molecule has 5 nitrogen and oxygen atoms in total. The first-order chi connectivity index (χ1) is 11.6. The van der Waals surface area contributed by atoms with Crippen LogP contribution in [-0.2, 0) is 6.42 Å². The first-order valence-electron chi connectivity index (χ1n) is 7.73. The molecule has 0 aromatic heterocycles. The zero-order valence-corrected chi connectivity index (χ0v) is 17.8. The van der Waals surface area contributed by atoms with Gasteiger partial charge in [0.15, 0.2) is 17.5 Å². The van der Waals surface area contributed by atoms with E-state index in [1.807, 2.05) is 19.2 Å². The second-order valence-electron chi connectivity index (χ2n) is 4.79. The number of halogens is 3. The molecule has 1 aromatic carbocycles. The Morgan fingerprint density at radius 2 is 2.04 bits per heavy atom. The van der Waals surface area contributed by atoms with E-state index in [4.69, 9.17) is 4.74 Å². The van der Waals surface area contributed by atoms with Gasteiger partial charge in [-0.15, -0.1) is 24.0 Å². The van der Waals surface area contributed by atoms with Crippen LogP contribution in [0.15, 0.2) is 23.2 Å². The van der Waals surface area contributed by atoms with E-state index in [1.165, 1.54) is 7.11 Å². The lowest BCUT2D eigenvalue weighted by Gasteiger charge is -2.13. The Morgan fingerprint density at radius 1 is 1.28 bits per heavy atom. The van der Waals surface area contributed by atoms with E-state index in [-0.39, 0.29) is 29.7 Å². The normalized spacial score (nSPS) is 11.0. The molecular weight excluding hydrogens is 463 g/mol. The average Bonchev–Trinajstić information content (AvgIpc) is 2.55. The Balaban J connectivity index is 0.00000576. The first kappa shape index (κ1) is 24.0. The highest BCUT2D eigenvalue weighted by Gasteiger charge is 2.11. The molecule has 0 unspecified atom stereocenters. The van der Waals surface area contributed by atoms with E-state index in [1.54, 1.807) is 23.9 Å². The van der Waals surface area contributed by atoms with E-state index < -0.39 is 6.61 Å². The third kappa shape index (κ3) is 9.93. The monoisotopic (exact) mass is 489 g/mol. The molecule has 2 N–H and O–H groups in total. The van der Waals surface area contributed by atoms with Gasteiger partial charge in [0.05, 0.1) is 13.7 Å². The minimum atomic E-state index is -2.88. The van der Waals surface area contributed by atoms with Gasteiger partial charge in [0.1, 0.15) is 0 Å². The van der Waals surface area contributed by atoms with E-state index in [9.17, 15) is 8.78 Å². The van der Waals surface area contributed by atoms with Gasteiger partial charge in [-0.25, -0.2) is 0 Å². The Morgan fingerprint density at radius 3 is 2.64 bits per heavy atom. The fourth-order valence-corrected chi connectivity index (χ4v) is 2.25. The molecular formula is C16H26F2IN3O2S. The summed E-state index contributed by atoms with van der Waals surface area (Å²) >= 11 is 1.74. The maximum absolute atomic E-state index is 12.4. The number of thioether (sulfide) groups is 1. The molecule has 0 aliphatic heterocycles. The smallest absolute Gasteiger partial charge is 0.387 e. The van der Waals surface area contributed by atoms with Gasteiger partial charge in [-0.05, 0) is 37.3 Å². The number of alkyl halides is 2. The number of nitrogens with one attached hydrogen (secondary N) is 2. The third-order valence-corrected chi connectivity index (χ3v) is 3.65. The number of guanidine groups is 1. The Hall–Kier alpha value is -0.970. The maximum Gasteiger partial charge on any atom is 0.387 e. The number of nitrogens with zero attached hydrogens (tertiary/aromatic N) is 1. The van der Waals surface area contributed by atoms with Crippen LogP contribution in [0, 0.1) is 0 Å². The van der Waals surface area contributed by atoms with Crippen LogP contribution >= 0.6 is 35.7 Å². The summed E-state index contributed by atoms with van der Waals surface area (Å²) in [5, 5.41) is 6.40. The molecule has 0 bridgehead atoms. The lowest BCUT2D eigenvalue weighted by molar-refractivity contribution is -0.0512. The van der Waals surface area contributed by atoms with E-state index in [0.717, 1.165) is 30.4 Å². The number of hydrogen-bond donors (Lipinski definition) is 2. The second kappa shape index (κ2) is 14.2. The van der Waals surface area contributed by atoms with E-state index in [0.29, 0.717) is 18.7 Å². The molecule has 0 saturated carbocycles. The van der Waals surface area contributed by atoms with Crippen molar-refractivity contribution in [3.63, 3.8) is 0 Å². The van der Waals surface area contributed by atoms with Crippen molar-refractivity contribution >= 4 is 41.7 Å². The van der Waals surface area contributed by atoms with Crippen LogP contribution in [0.2, 0.25) is 0 Å². The topological polar surface area (TPSA) is 54.9 Å². The van der Waals surface area contributed by atoms with Crippen molar-refractivity contribution in [2.75, 3.05) is 38.8 Å². The summed E-state index contributed by atoms with van der Waals surface area (Å²) in [4.78, 5) is 4.45. The second-order valence-corrected chi connectivity index (χ2v) is 5.78. The highest BCUT2D eigenvalue weighted by atomic mass is 127. The molecule has 25 heavy (non-hydrogen) atoms. The number of aliphatic imine (C=N–C) groups is 1. The van der Waals surface area contributed by atoms with Crippen molar-refractivity contribution in [1.82, 2.24) is 10.6 Å². The van der Waals surface area contributed by atoms with Crippen molar-refractivity contribution in [2.24, 2.45) is 4.99 Å². The summed E-state index contributed by atoms with van der Waals surface area (Å²) in [7, 11) is 1.42.